The number of hydrogen-bond acceptors (Lipinski definition) is 0. The molecule has 0 nitrogen and oxygen atoms in total. The third-order valence-corrected chi connectivity index (χ3v) is 0. The van der Waals surface area contributed by atoms with Gasteiger partial charge in [0.05, 0.1) is 0 Å². The molecule has 0 aromatic carbocycles. The minimum absolute atomic E-state index is 0. The van der Waals surface area contributed by atoms with E-state index < -0.39 is 0 Å². The Bertz CT molecular complexity index is 116. The molecule has 25 heavy (non-hydrogen) atoms. The van der Waals surface area contributed by atoms with Crippen LogP contribution < -0.4 is 0 Å². The summed E-state index contributed by atoms with van der Waals surface area (Å²) in [4.78, 5) is 0. The van der Waals surface area contributed by atoms with Crippen LogP contribution in [-0.4, -0.2) is 0 Å². The topological polar surface area (TPSA) is 0 Å². The Morgan fingerprint density at radius 1 is 1.00 bits per heavy atom. The van der Waals surface area contributed by atoms with Gasteiger partial charge in [-0.25, -0.2) is 0 Å². The van der Waals surface area contributed by atoms with Crippen LogP contribution in [0.25, 0.3) is 0 Å². The molecule has 163 valence electrons. The van der Waals surface area contributed by atoms with Gasteiger partial charge in [0, 0.05) is 575 Å². The molecule has 0 heterocycles. The molecule has 0 amide bonds. The van der Waals surface area contributed by atoms with Gasteiger partial charge in [-0.3, -0.25) is 0 Å². The summed E-state index contributed by atoms with van der Waals surface area (Å²) in [7, 11) is 0. The predicted molar refractivity (Wildman–Crippen MR) is 0 cm³/mol. The Balaban J connectivity index is 0. The molecule has 0 spiro atoms. The number of hydrogen-bond donors (Lipinski definition) is 0. The van der Waals surface area contributed by atoms with Crippen molar-refractivity contribution in [2.24, 2.45) is 0 Å². The molecule has 0 bridgehead atoms. The van der Waals surface area contributed by atoms with Crippen molar-refractivity contribution in [3.63, 3.8) is 0 Å². The second-order valence-corrected chi connectivity index (χ2v) is 0. The summed E-state index contributed by atoms with van der Waals surface area (Å²) >= 11 is 0. The van der Waals surface area contributed by atoms with E-state index in [4.69, 9.17) is 0 Å². The second-order valence-electron chi connectivity index (χ2n) is 0. The van der Waals surface area contributed by atoms with Crippen molar-refractivity contribution in [3.8, 4) is 0 Å². The molecule has 0 saturated carbocycles. The fourth-order valence-corrected chi connectivity index (χ4v) is 0. The Morgan fingerprint density at radius 2 is 1.00 bits per heavy atom. The fourth-order valence-electron chi connectivity index (χ4n) is 0. The maximum Gasteiger partial charge on any atom is 0 e. The third kappa shape index (κ3) is 202. The Labute approximate surface area is 557 Å². The van der Waals surface area contributed by atoms with Gasteiger partial charge in [-0.15, -0.1) is 0 Å². The Hall–Kier alpha value is 18.7. The van der Waals surface area contributed by atoms with Gasteiger partial charge in [-0.2, -0.15) is 0 Å². The van der Waals surface area contributed by atoms with Gasteiger partial charge >= 0.3 is 0 Å². The standard InChI is InChI=1S/Ag.Co.Cr.Cu.Fe.Hf.Ir.La.Mn.Mo.Nb.Ni.Pd.Pr.Re.Rh.Ru.Sc.Ta.Tb.V.W.Y.Zn.Zr. The van der Waals surface area contributed by atoms with E-state index in [2.05, 4.69) is 0 Å². The van der Waals surface area contributed by atoms with Crippen LogP contribution in [0.1, 0.15) is 0 Å². The van der Waals surface area contributed by atoms with Gasteiger partial charge in [0.25, 0.3) is 0 Å². The zero-order valence-electron chi connectivity index (χ0n) is 10.6. The van der Waals surface area contributed by atoms with Gasteiger partial charge < -0.3 is 0 Å². The average molecular weight is 2650 g/mol. The van der Waals surface area contributed by atoms with E-state index >= 15 is 0 Å². The molecular formula is AgCoCrCuFeHfIrLaMnMoNbNiPdPrReRhRuScTaTbVWYZnZr. The molecule has 0 atom stereocenters. The second kappa shape index (κ2) is 212. The van der Waals surface area contributed by atoms with Crippen LogP contribution in [-0.2, 0) is 460 Å². The van der Waals surface area contributed by atoms with Crippen LogP contribution in [0.4, 0.5) is 0 Å². The van der Waals surface area contributed by atoms with Crippen LogP contribution in [0.2, 0.25) is 0 Å². The van der Waals surface area contributed by atoms with Crippen LogP contribution in [0.15, 0.2) is 0 Å². The number of rotatable bonds is 0. The zero-order chi connectivity index (χ0) is 0. The summed E-state index contributed by atoms with van der Waals surface area (Å²) in [5.74, 6) is 0. The molecule has 15 radical (unpaired) electrons. The zero-order valence-corrected chi connectivity index (χ0v) is 63.5. The Kier molecular flexibility index (Phi) is 1940. The van der Waals surface area contributed by atoms with E-state index in [-0.39, 0.29) is 575 Å². The normalized spacial score (nSPS) is 0. The smallest absolute Gasteiger partial charge is 0 e. The van der Waals surface area contributed by atoms with Crippen molar-refractivity contribution in [3.05, 3.63) is 0 Å². The van der Waals surface area contributed by atoms with Crippen molar-refractivity contribution >= 4 is 0 Å². The first kappa shape index (κ1) is 228. The molecule has 0 rings (SSSR count). The van der Waals surface area contributed by atoms with Gasteiger partial charge in [-0.05, 0) is 0 Å². The molecule has 0 aromatic rings. The first-order valence-electron chi connectivity index (χ1n) is 0. The summed E-state index contributed by atoms with van der Waals surface area (Å²) < 4.78 is 0. The van der Waals surface area contributed by atoms with Gasteiger partial charge in [-0.1, -0.05) is 0 Å². The van der Waals surface area contributed by atoms with E-state index in [1.807, 2.05) is 0 Å². The summed E-state index contributed by atoms with van der Waals surface area (Å²) in [6.45, 7) is 0. The van der Waals surface area contributed by atoms with Crippen molar-refractivity contribution in [1.82, 2.24) is 0 Å². The molecule has 0 fully saturated rings. The van der Waals surface area contributed by atoms with Gasteiger partial charge in [0.2, 0.25) is 0 Å². The minimum atomic E-state index is 0. The van der Waals surface area contributed by atoms with Crippen LogP contribution in [0.5, 0.6) is 0 Å². The molecule has 0 aliphatic carbocycles. The van der Waals surface area contributed by atoms with E-state index in [9.17, 15) is 0 Å². The van der Waals surface area contributed by atoms with Crippen molar-refractivity contribution in [2.75, 3.05) is 0 Å². The Morgan fingerprint density at radius 3 is 1.00 bits per heavy atom. The van der Waals surface area contributed by atoms with Crippen molar-refractivity contribution in [1.29, 1.82) is 0 Å². The minimum Gasteiger partial charge on any atom is 0 e. The fraction of sp³-hybridized carbons (Fsp3) is 0. The van der Waals surface area contributed by atoms with E-state index in [0.717, 1.165) is 0 Å². The monoisotopic (exact) mass is 2650 g/mol. The molecule has 25 heteroatoms. The van der Waals surface area contributed by atoms with E-state index in [1.165, 1.54) is 0 Å². The summed E-state index contributed by atoms with van der Waals surface area (Å²) in [5.41, 5.74) is 0. The summed E-state index contributed by atoms with van der Waals surface area (Å²) in [6.07, 6.45) is 0. The molecule has 0 saturated heterocycles. The summed E-state index contributed by atoms with van der Waals surface area (Å²) in [6, 6.07) is 0. The molecule has 0 aliphatic rings. The predicted octanol–water partition coefficient (Wildman–Crippen LogP) is -0.0550. The molecule has 0 unspecified atom stereocenters. The SMILES string of the molecule is [Ag].[Co].[Cr].[Cu].[Fe].[Hf].[Ir].[La].[Mn].[Mo].[Nb].[Ni].[Pd].[Pr].[Re].[Rh].[Ru].[Sc].[Ta].[Tb].[V].[W].[Y].[Zn].[Zr]. The molecule has 0 aliphatic heterocycles. The van der Waals surface area contributed by atoms with Crippen molar-refractivity contribution in [2.45, 2.75) is 0 Å². The molecule has 0 N–H and O–H groups in total. The third-order valence-electron chi connectivity index (χ3n) is 0. The summed E-state index contributed by atoms with van der Waals surface area (Å²) in [5, 5.41) is 0. The maximum absolute atomic E-state index is 0. The average Bonchev–Trinajstić information content (AvgIpc) is 0. The maximum atomic E-state index is 0. The van der Waals surface area contributed by atoms with Gasteiger partial charge in [0.15, 0.2) is 0 Å². The van der Waals surface area contributed by atoms with Gasteiger partial charge in [0.1, 0.15) is 0 Å². The molecular weight excluding hydrogens is 2650 g/mol. The van der Waals surface area contributed by atoms with E-state index in [1.54, 1.807) is 0 Å². The van der Waals surface area contributed by atoms with Crippen LogP contribution in [0, 0.1) is 116 Å². The first-order valence-corrected chi connectivity index (χ1v) is 0. The van der Waals surface area contributed by atoms with Crippen LogP contribution >= 0.6 is 0 Å². The van der Waals surface area contributed by atoms with E-state index in [0.29, 0.717) is 0 Å². The van der Waals surface area contributed by atoms with Crippen molar-refractivity contribution < 1.29 is 575 Å². The van der Waals surface area contributed by atoms with Crippen LogP contribution in [0.3, 0.4) is 0 Å². The first-order chi connectivity index (χ1) is 0. The largest absolute Gasteiger partial charge is 0 e. The quantitative estimate of drug-likeness (QED) is 0.299. The molecule has 0 aromatic heterocycles.